The summed E-state index contributed by atoms with van der Waals surface area (Å²) in [5.41, 5.74) is -0.000324. The van der Waals surface area contributed by atoms with Crippen molar-refractivity contribution in [3.05, 3.63) is 0 Å². The van der Waals surface area contributed by atoms with Crippen LogP contribution in [0.25, 0.3) is 0 Å². The second-order valence-electron chi connectivity index (χ2n) is 6.09. The molecule has 0 radical (unpaired) electrons. The molecule has 1 unspecified atom stereocenters. The molecule has 2 aliphatic heterocycles. The molecular formula is C14H21NO2S. The van der Waals surface area contributed by atoms with Crippen LogP contribution >= 0.6 is 11.8 Å². The van der Waals surface area contributed by atoms with Gasteiger partial charge >= 0.3 is 0 Å². The van der Waals surface area contributed by atoms with Gasteiger partial charge in [-0.3, -0.25) is 14.9 Å². The maximum atomic E-state index is 12.3. The van der Waals surface area contributed by atoms with Gasteiger partial charge < -0.3 is 0 Å². The summed E-state index contributed by atoms with van der Waals surface area (Å²) in [4.78, 5) is 24.1. The summed E-state index contributed by atoms with van der Waals surface area (Å²) in [5.74, 6) is 2.86. The number of amides is 2. The van der Waals surface area contributed by atoms with Crippen LogP contribution in [0.5, 0.6) is 0 Å². The fraction of sp³-hybridized carbons (Fsp3) is 0.857. The zero-order valence-electron chi connectivity index (χ0n) is 10.7. The molecule has 1 N–H and O–H groups in total. The topological polar surface area (TPSA) is 46.2 Å². The van der Waals surface area contributed by atoms with E-state index in [1.165, 1.54) is 25.7 Å². The lowest BCUT2D eigenvalue weighted by Crippen LogP contribution is -2.55. The summed E-state index contributed by atoms with van der Waals surface area (Å²) in [6, 6.07) is 0. The number of thioether (sulfide) groups is 1. The molecule has 2 saturated heterocycles. The molecule has 3 nitrogen and oxygen atoms in total. The lowest BCUT2D eigenvalue weighted by molar-refractivity contribution is -0.147. The number of carbonyl (C=O) groups excluding carboxylic acids is 2. The predicted molar refractivity (Wildman–Crippen MR) is 72.2 cm³/mol. The Bertz CT molecular complexity index is 357. The fourth-order valence-corrected chi connectivity index (χ4v) is 5.54. The number of carbonyl (C=O) groups is 2. The SMILES string of the molecule is O=C1CC2(CCSCC2)C(C2CCCC2)C(=O)N1. The first kappa shape index (κ1) is 12.5. The third-order valence-electron chi connectivity index (χ3n) is 5.08. The van der Waals surface area contributed by atoms with Crippen molar-refractivity contribution in [3.63, 3.8) is 0 Å². The first-order valence-electron chi connectivity index (χ1n) is 7.13. The number of rotatable bonds is 1. The Hall–Kier alpha value is -0.510. The highest BCUT2D eigenvalue weighted by atomic mass is 32.2. The van der Waals surface area contributed by atoms with Gasteiger partial charge in [0.2, 0.25) is 11.8 Å². The van der Waals surface area contributed by atoms with E-state index in [0.717, 1.165) is 24.3 Å². The predicted octanol–water partition coefficient (Wildman–Crippen LogP) is 2.35. The first-order valence-corrected chi connectivity index (χ1v) is 8.28. The zero-order chi connectivity index (χ0) is 12.6. The molecule has 0 aromatic heterocycles. The molecule has 3 rings (SSSR count). The molecule has 4 heteroatoms. The second-order valence-corrected chi connectivity index (χ2v) is 7.31. The van der Waals surface area contributed by atoms with Crippen LogP contribution in [0.1, 0.15) is 44.9 Å². The van der Waals surface area contributed by atoms with Crippen molar-refractivity contribution < 1.29 is 9.59 Å². The fourth-order valence-electron chi connectivity index (χ4n) is 4.24. The molecule has 1 aliphatic carbocycles. The maximum Gasteiger partial charge on any atom is 0.230 e. The first-order chi connectivity index (χ1) is 8.71. The molecule has 3 fully saturated rings. The van der Waals surface area contributed by atoms with Crippen molar-refractivity contribution in [1.29, 1.82) is 0 Å². The van der Waals surface area contributed by atoms with Gasteiger partial charge in [0, 0.05) is 12.3 Å². The maximum absolute atomic E-state index is 12.3. The van der Waals surface area contributed by atoms with E-state index in [0.29, 0.717) is 12.3 Å². The highest BCUT2D eigenvalue weighted by molar-refractivity contribution is 7.99. The Balaban J connectivity index is 1.89. The smallest absolute Gasteiger partial charge is 0.230 e. The molecule has 2 amide bonds. The van der Waals surface area contributed by atoms with Crippen molar-refractivity contribution in [2.75, 3.05) is 11.5 Å². The van der Waals surface area contributed by atoms with Crippen LogP contribution in [0.2, 0.25) is 0 Å². The van der Waals surface area contributed by atoms with E-state index in [1.807, 2.05) is 11.8 Å². The monoisotopic (exact) mass is 267 g/mol. The van der Waals surface area contributed by atoms with E-state index in [1.54, 1.807) is 0 Å². The van der Waals surface area contributed by atoms with Gasteiger partial charge in [-0.2, -0.15) is 11.8 Å². The van der Waals surface area contributed by atoms with Crippen molar-refractivity contribution in [1.82, 2.24) is 5.32 Å². The Labute approximate surface area is 112 Å². The molecule has 3 aliphatic rings. The molecule has 0 aromatic carbocycles. The molecular weight excluding hydrogens is 246 g/mol. The number of piperidine rings is 1. The minimum absolute atomic E-state index is 0.000324. The van der Waals surface area contributed by atoms with Gasteiger partial charge in [-0.1, -0.05) is 12.8 Å². The van der Waals surface area contributed by atoms with Crippen LogP contribution in [-0.4, -0.2) is 23.3 Å². The molecule has 1 atom stereocenters. The highest BCUT2D eigenvalue weighted by Gasteiger charge is 2.52. The van der Waals surface area contributed by atoms with E-state index in [9.17, 15) is 9.59 Å². The van der Waals surface area contributed by atoms with Gasteiger partial charge in [0.1, 0.15) is 0 Å². The van der Waals surface area contributed by atoms with Crippen molar-refractivity contribution >= 4 is 23.6 Å². The van der Waals surface area contributed by atoms with Crippen molar-refractivity contribution in [3.8, 4) is 0 Å². The van der Waals surface area contributed by atoms with Crippen LogP contribution in [0.3, 0.4) is 0 Å². The Morgan fingerprint density at radius 2 is 1.78 bits per heavy atom. The van der Waals surface area contributed by atoms with Crippen LogP contribution in [0.4, 0.5) is 0 Å². The van der Waals surface area contributed by atoms with Gasteiger partial charge in [-0.25, -0.2) is 0 Å². The third-order valence-corrected chi connectivity index (χ3v) is 6.06. The van der Waals surface area contributed by atoms with Crippen LogP contribution in [0, 0.1) is 17.3 Å². The molecule has 1 saturated carbocycles. The molecule has 1 spiro atoms. The Morgan fingerprint density at radius 3 is 2.44 bits per heavy atom. The van der Waals surface area contributed by atoms with Crippen molar-refractivity contribution in [2.45, 2.75) is 44.9 Å². The minimum atomic E-state index is -0.0406. The van der Waals surface area contributed by atoms with E-state index in [4.69, 9.17) is 0 Å². The normalized spacial score (nSPS) is 32.8. The highest BCUT2D eigenvalue weighted by Crippen LogP contribution is 2.52. The third kappa shape index (κ3) is 2.09. The zero-order valence-corrected chi connectivity index (χ0v) is 11.6. The molecule has 18 heavy (non-hydrogen) atoms. The number of hydrogen-bond donors (Lipinski definition) is 1. The number of hydrogen-bond acceptors (Lipinski definition) is 3. The Morgan fingerprint density at radius 1 is 1.11 bits per heavy atom. The van der Waals surface area contributed by atoms with E-state index >= 15 is 0 Å². The summed E-state index contributed by atoms with van der Waals surface area (Å²) in [7, 11) is 0. The average molecular weight is 267 g/mol. The summed E-state index contributed by atoms with van der Waals surface area (Å²) in [6.45, 7) is 0. The lowest BCUT2D eigenvalue weighted by atomic mass is 9.61. The van der Waals surface area contributed by atoms with E-state index in [-0.39, 0.29) is 23.1 Å². The summed E-state index contributed by atoms with van der Waals surface area (Å²) < 4.78 is 0. The quantitative estimate of drug-likeness (QED) is 0.742. The Kier molecular flexibility index (Phi) is 3.39. The summed E-state index contributed by atoms with van der Waals surface area (Å²) >= 11 is 1.97. The second kappa shape index (κ2) is 4.87. The molecule has 0 aromatic rings. The van der Waals surface area contributed by atoms with Crippen LogP contribution < -0.4 is 5.32 Å². The molecule has 2 heterocycles. The molecule has 0 bridgehead atoms. The van der Waals surface area contributed by atoms with Crippen molar-refractivity contribution in [2.24, 2.45) is 17.3 Å². The number of imide groups is 1. The van der Waals surface area contributed by atoms with Gasteiger partial charge in [-0.15, -0.1) is 0 Å². The summed E-state index contributed by atoms with van der Waals surface area (Å²) in [6.07, 6.45) is 7.57. The van der Waals surface area contributed by atoms with E-state index < -0.39 is 0 Å². The van der Waals surface area contributed by atoms with Gasteiger partial charge in [0.15, 0.2) is 0 Å². The van der Waals surface area contributed by atoms with Gasteiger partial charge in [0.25, 0.3) is 0 Å². The van der Waals surface area contributed by atoms with Crippen LogP contribution in [0.15, 0.2) is 0 Å². The number of nitrogens with one attached hydrogen (secondary N) is 1. The average Bonchev–Trinajstić information content (AvgIpc) is 2.82. The van der Waals surface area contributed by atoms with Gasteiger partial charge in [0.05, 0.1) is 0 Å². The molecule has 100 valence electrons. The van der Waals surface area contributed by atoms with Crippen LogP contribution in [-0.2, 0) is 9.59 Å². The summed E-state index contributed by atoms with van der Waals surface area (Å²) in [5, 5.41) is 2.59. The van der Waals surface area contributed by atoms with E-state index in [2.05, 4.69) is 5.32 Å². The van der Waals surface area contributed by atoms with Gasteiger partial charge in [-0.05, 0) is 48.5 Å². The largest absolute Gasteiger partial charge is 0.296 e. The standard InChI is InChI=1S/C14H21NO2S/c16-11-9-14(5-7-18-8-6-14)12(13(17)15-11)10-3-1-2-4-10/h10,12H,1-9H2,(H,15,16,17). The minimum Gasteiger partial charge on any atom is -0.296 e. The lowest BCUT2D eigenvalue weighted by Gasteiger charge is -2.47.